The molecule has 4 atom stereocenters. The Labute approximate surface area is 424 Å². The van der Waals surface area contributed by atoms with E-state index < -0.39 is 0 Å². The zero-order valence-electron chi connectivity index (χ0n) is 41.8. The third kappa shape index (κ3) is 6.28. The third-order valence-electron chi connectivity index (χ3n) is 18.6. The molecule has 0 saturated heterocycles. The van der Waals surface area contributed by atoms with E-state index in [1.54, 1.807) is 0 Å². The van der Waals surface area contributed by atoms with Crippen molar-refractivity contribution in [3.05, 3.63) is 210 Å². The van der Waals surface area contributed by atoms with Crippen molar-refractivity contribution in [1.82, 2.24) is 0 Å². The molecule has 0 radical (unpaired) electrons. The van der Waals surface area contributed by atoms with Crippen molar-refractivity contribution in [3.63, 3.8) is 0 Å². The first-order valence-electron chi connectivity index (χ1n) is 26.1. The Kier molecular flexibility index (Phi) is 9.98. The van der Waals surface area contributed by atoms with Crippen molar-refractivity contribution in [2.75, 3.05) is 9.80 Å². The summed E-state index contributed by atoms with van der Waals surface area (Å²) in [5.41, 5.74) is 18.7. The number of anilines is 4. The van der Waals surface area contributed by atoms with Crippen LogP contribution in [0.2, 0.25) is 0 Å². The Morgan fingerprint density at radius 2 is 0.833 bits per heavy atom. The average molecular weight is 931 g/mol. The van der Waals surface area contributed by atoms with Crippen LogP contribution < -0.4 is 9.80 Å². The second kappa shape index (κ2) is 16.3. The van der Waals surface area contributed by atoms with Gasteiger partial charge in [-0.1, -0.05) is 149 Å². The molecule has 0 bridgehead atoms. The summed E-state index contributed by atoms with van der Waals surface area (Å²) in [6.45, 7) is 17.6. The topological polar surface area (TPSA) is 34.6 Å². The summed E-state index contributed by atoms with van der Waals surface area (Å²) in [6.07, 6.45) is 9.37. The first-order valence-corrected chi connectivity index (χ1v) is 26.1. The number of hydrogen-bond donors (Lipinski definition) is 0. The normalized spacial score (nSPS) is 23.0. The van der Waals surface area contributed by atoms with E-state index in [2.05, 4.69) is 206 Å². The summed E-state index contributed by atoms with van der Waals surface area (Å²) < 4.78 is 0. The van der Waals surface area contributed by atoms with E-state index in [9.17, 15) is 5.26 Å². The van der Waals surface area contributed by atoms with Gasteiger partial charge in [0.25, 0.3) is 0 Å². The van der Waals surface area contributed by atoms with Gasteiger partial charge in [0, 0.05) is 33.6 Å². The minimum Gasteiger partial charge on any atom is -0.335 e. The van der Waals surface area contributed by atoms with Crippen LogP contribution in [0.3, 0.4) is 0 Å². The van der Waals surface area contributed by atoms with Crippen LogP contribution in [0.4, 0.5) is 28.4 Å². The molecule has 2 heterocycles. The number of hydrogen-bond acceptors (Lipinski definition) is 3. The molecule has 350 valence electrons. The van der Waals surface area contributed by atoms with Crippen molar-refractivity contribution < 1.29 is 0 Å². The fraction of sp³-hybridized carbons (Fsp3) is 0.235. The predicted molar refractivity (Wildman–Crippen MR) is 300 cm³/mol. The summed E-state index contributed by atoms with van der Waals surface area (Å²) in [6, 6.07) is 69.7. The van der Waals surface area contributed by atoms with Gasteiger partial charge in [-0.25, -0.2) is 4.85 Å². The minimum atomic E-state index is -0.0892. The smallest absolute Gasteiger partial charge is 0.187 e. The van der Waals surface area contributed by atoms with Crippen LogP contribution in [0.5, 0.6) is 0 Å². The van der Waals surface area contributed by atoms with E-state index in [1.165, 1.54) is 114 Å². The molecule has 2 fully saturated rings. The molecule has 0 amide bonds. The van der Waals surface area contributed by atoms with Gasteiger partial charge in [0.2, 0.25) is 0 Å². The molecule has 9 aromatic carbocycles. The minimum absolute atomic E-state index is 0.0352. The van der Waals surface area contributed by atoms with E-state index in [0.29, 0.717) is 11.3 Å². The summed E-state index contributed by atoms with van der Waals surface area (Å²) in [5.74, 6) is 0. The van der Waals surface area contributed by atoms with Gasteiger partial charge in [0.1, 0.15) is 0 Å². The molecule has 0 N–H and O–H groups in total. The summed E-state index contributed by atoms with van der Waals surface area (Å²) in [5, 5.41) is 14.6. The first-order chi connectivity index (χ1) is 35.1. The van der Waals surface area contributed by atoms with Crippen molar-refractivity contribution >= 4 is 50.0 Å². The molecule has 4 heteroatoms. The number of rotatable bonds is 6. The zero-order chi connectivity index (χ0) is 49.0. The number of benzene rings is 9. The van der Waals surface area contributed by atoms with Gasteiger partial charge in [-0.2, -0.15) is 5.26 Å². The number of nitrogens with zero attached hydrogens (tertiary/aromatic N) is 4. The van der Waals surface area contributed by atoms with Gasteiger partial charge in [-0.05, 0) is 190 Å². The van der Waals surface area contributed by atoms with Gasteiger partial charge in [-0.15, -0.1) is 0 Å². The van der Waals surface area contributed by atoms with Crippen molar-refractivity contribution in [1.29, 1.82) is 5.26 Å². The maximum absolute atomic E-state index is 9.64. The van der Waals surface area contributed by atoms with Crippen LogP contribution >= 0.6 is 0 Å². The van der Waals surface area contributed by atoms with Gasteiger partial charge in [-0.3, -0.25) is 0 Å². The largest absolute Gasteiger partial charge is 0.335 e. The second-order valence-corrected chi connectivity index (χ2v) is 22.1. The van der Waals surface area contributed by atoms with E-state index in [1.807, 2.05) is 24.3 Å². The number of nitriles is 1. The van der Waals surface area contributed by atoms with Gasteiger partial charge in [0.15, 0.2) is 5.69 Å². The van der Waals surface area contributed by atoms with Crippen molar-refractivity contribution in [3.8, 4) is 50.6 Å². The third-order valence-corrected chi connectivity index (χ3v) is 18.6. The summed E-state index contributed by atoms with van der Waals surface area (Å²) in [4.78, 5) is 8.90. The molecule has 13 rings (SSSR count). The van der Waals surface area contributed by atoms with Gasteiger partial charge in [0.05, 0.1) is 29.3 Å². The lowest BCUT2D eigenvalue weighted by Gasteiger charge is -2.50. The van der Waals surface area contributed by atoms with Crippen LogP contribution in [-0.2, 0) is 10.8 Å². The zero-order valence-corrected chi connectivity index (χ0v) is 41.8. The molecule has 0 aromatic heterocycles. The highest BCUT2D eigenvalue weighted by molar-refractivity contribution is 6.22. The highest BCUT2D eigenvalue weighted by atomic mass is 15.3. The molecule has 9 aromatic rings. The molecule has 2 aliphatic heterocycles. The van der Waals surface area contributed by atoms with Crippen LogP contribution in [0, 0.1) is 17.9 Å². The van der Waals surface area contributed by atoms with Crippen molar-refractivity contribution in [2.45, 2.75) is 101 Å². The van der Waals surface area contributed by atoms with Crippen LogP contribution in [0.15, 0.2) is 182 Å². The molecule has 4 nitrogen and oxygen atoms in total. The maximum atomic E-state index is 9.64. The lowest BCUT2D eigenvalue weighted by molar-refractivity contribution is 0.195. The predicted octanol–water partition coefficient (Wildman–Crippen LogP) is 18.6. The lowest BCUT2D eigenvalue weighted by Crippen LogP contribution is -2.54. The fourth-order valence-corrected chi connectivity index (χ4v) is 14.4. The molecular weight excluding hydrogens is 873 g/mol. The van der Waals surface area contributed by atoms with E-state index in [0.717, 1.165) is 37.1 Å². The maximum Gasteiger partial charge on any atom is 0.187 e. The Morgan fingerprint density at radius 3 is 1.26 bits per heavy atom. The highest BCUT2D eigenvalue weighted by Gasteiger charge is 2.59. The van der Waals surface area contributed by atoms with E-state index in [-0.39, 0.29) is 21.9 Å². The Morgan fingerprint density at radius 1 is 0.431 bits per heavy atom. The average Bonchev–Trinajstić information content (AvgIpc) is 3.77. The number of fused-ring (bicyclic) bond motifs is 8. The molecule has 72 heavy (non-hydrogen) atoms. The molecule has 2 aliphatic carbocycles. The van der Waals surface area contributed by atoms with Gasteiger partial charge < -0.3 is 9.80 Å². The van der Waals surface area contributed by atoms with Crippen LogP contribution in [0.25, 0.3) is 70.9 Å². The monoisotopic (exact) mass is 930 g/mol. The second-order valence-electron chi connectivity index (χ2n) is 22.1. The van der Waals surface area contributed by atoms with E-state index >= 15 is 0 Å². The SMILES string of the molecule is [C-]#[N+]c1ccc(N2c3ccc(-c4ccc5c(-c6ccccc6)c6cc(-c7ccc8c(c7)C7(C)CCCCC7(C)N8c7ccc(C#N)cc7)ccc6c(-c6ccccc6)c5c4)cc3C3(C)CCCCC23C)cc1. The highest BCUT2D eigenvalue weighted by Crippen LogP contribution is 2.63. The standard InChI is InChI=1S/C68H58N4/c1-65-36-12-14-38-67(65,3)71(53-28-20-45(44-69)21-29-53)61-34-24-50(42-59(61)65)48-22-32-55-57(40-48)63(46-16-8-6-9-17-46)56-33-23-49(41-58(56)64(55)47-18-10-7-11-19-47)51-25-35-62-60(43-51)66(2)37-13-15-39-68(66,4)72(62)54-30-26-52(70-5)27-31-54/h6-11,16-35,40-43H,12-15,36-39H2,1-4H3. The molecule has 4 unspecified atom stereocenters. The first kappa shape index (κ1) is 44.1. The van der Waals surface area contributed by atoms with Gasteiger partial charge >= 0.3 is 0 Å². The molecular formula is C68H58N4. The Balaban J connectivity index is 0.991. The van der Waals surface area contributed by atoms with E-state index in [4.69, 9.17) is 6.57 Å². The Hall–Kier alpha value is -7.92. The summed E-state index contributed by atoms with van der Waals surface area (Å²) in [7, 11) is 0. The molecule has 2 saturated carbocycles. The molecule has 0 spiro atoms. The fourth-order valence-electron chi connectivity index (χ4n) is 14.4. The van der Waals surface area contributed by atoms with Crippen LogP contribution in [0.1, 0.15) is 95.8 Å². The lowest BCUT2D eigenvalue weighted by atomic mass is 9.61. The van der Waals surface area contributed by atoms with Crippen LogP contribution in [-0.4, -0.2) is 11.1 Å². The quantitative estimate of drug-likeness (QED) is 0.123. The summed E-state index contributed by atoms with van der Waals surface area (Å²) >= 11 is 0. The van der Waals surface area contributed by atoms with Crippen molar-refractivity contribution in [2.24, 2.45) is 0 Å². The molecule has 4 aliphatic rings. The Bertz CT molecular complexity index is 3480.